The van der Waals surface area contributed by atoms with Crippen molar-refractivity contribution in [2.75, 3.05) is 5.32 Å². The first kappa shape index (κ1) is 13.2. The number of aromatic amines is 1. The third-order valence-electron chi connectivity index (χ3n) is 3.20. The Morgan fingerprint density at radius 1 is 1.33 bits per heavy atom. The molecule has 3 rings (SSSR count). The molecule has 0 saturated heterocycles. The molecule has 0 amide bonds. The Bertz CT molecular complexity index is 929. The summed E-state index contributed by atoms with van der Waals surface area (Å²) in [6, 6.07) is 1.80. The van der Waals surface area contributed by atoms with Gasteiger partial charge in [-0.1, -0.05) is 5.16 Å². The summed E-state index contributed by atoms with van der Waals surface area (Å²) < 4.78 is 7.42. The highest BCUT2D eigenvalue weighted by Crippen LogP contribution is 2.10. The lowest BCUT2D eigenvalue weighted by molar-refractivity contribution is 0.384. The molecule has 0 atom stereocenters. The van der Waals surface area contributed by atoms with Crippen molar-refractivity contribution in [3.63, 3.8) is 0 Å². The smallest absolute Gasteiger partial charge is 0.332 e. The van der Waals surface area contributed by atoms with Crippen molar-refractivity contribution in [2.45, 2.75) is 13.5 Å². The van der Waals surface area contributed by atoms with E-state index in [4.69, 9.17) is 4.52 Å². The van der Waals surface area contributed by atoms with Crippen molar-refractivity contribution >= 4 is 17.1 Å². The van der Waals surface area contributed by atoms with Gasteiger partial charge in [0.2, 0.25) is 5.95 Å². The first-order valence-corrected chi connectivity index (χ1v) is 6.29. The van der Waals surface area contributed by atoms with Crippen LogP contribution in [0.25, 0.3) is 11.2 Å². The van der Waals surface area contributed by atoms with Crippen LogP contribution < -0.4 is 16.6 Å². The first-order chi connectivity index (χ1) is 9.97. The lowest BCUT2D eigenvalue weighted by Crippen LogP contribution is -2.36. The summed E-state index contributed by atoms with van der Waals surface area (Å²) in [5.41, 5.74) is 0.531. The summed E-state index contributed by atoms with van der Waals surface area (Å²) >= 11 is 0. The number of anilines is 1. The number of hydrogen-bond acceptors (Lipinski definition) is 6. The molecule has 0 aliphatic rings. The van der Waals surface area contributed by atoms with Crippen molar-refractivity contribution in [3.8, 4) is 0 Å². The van der Waals surface area contributed by atoms with Crippen molar-refractivity contribution in [1.82, 2.24) is 24.3 Å². The zero-order valence-corrected chi connectivity index (χ0v) is 11.8. The zero-order valence-electron chi connectivity index (χ0n) is 11.8. The normalized spacial score (nSPS) is 11.2. The molecule has 0 unspecified atom stereocenters. The van der Waals surface area contributed by atoms with Crippen LogP contribution in [0.2, 0.25) is 0 Å². The fraction of sp³-hybridized carbons (Fsp3) is 0.333. The molecule has 9 nitrogen and oxygen atoms in total. The molecule has 9 heteroatoms. The van der Waals surface area contributed by atoms with Crippen LogP contribution in [0, 0.1) is 6.92 Å². The maximum atomic E-state index is 12.0. The lowest BCUT2D eigenvalue weighted by Gasteiger charge is -2.00. The second-order valence-electron chi connectivity index (χ2n) is 4.78. The Morgan fingerprint density at radius 2 is 2.10 bits per heavy atom. The average Bonchev–Trinajstić information content (AvgIpc) is 3.07. The Labute approximate surface area is 118 Å². The van der Waals surface area contributed by atoms with E-state index in [1.807, 2.05) is 6.92 Å². The minimum Gasteiger partial charge on any atom is -0.359 e. The van der Waals surface area contributed by atoms with Crippen LogP contribution in [0.4, 0.5) is 5.95 Å². The molecule has 21 heavy (non-hydrogen) atoms. The third kappa shape index (κ3) is 2.12. The van der Waals surface area contributed by atoms with Gasteiger partial charge in [-0.15, -0.1) is 0 Å². The molecule has 3 heterocycles. The number of aryl methyl sites for hydroxylation is 2. The Balaban J connectivity index is 1.98. The standard InChI is InChI=1S/C12H14N6O3/c1-6-4-7(21-16-6)5-13-11-14-8-9(15-11)17(2)12(20)18(3)10(8)19/h4H,5H2,1-3H3,(H2,13,14,15). The van der Waals surface area contributed by atoms with Gasteiger partial charge in [-0.3, -0.25) is 13.9 Å². The number of imidazole rings is 1. The predicted molar refractivity (Wildman–Crippen MR) is 75.1 cm³/mol. The van der Waals surface area contributed by atoms with Crippen LogP contribution >= 0.6 is 0 Å². The second-order valence-corrected chi connectivity index (χ2v) is 4.78. The van der Waals surface area contributed by atoms with Gasteiger partial charge in [0, 0.05) is 20.2 Å². The maximum Gasteiger partial charge on any atom is 0.332 e. The molecular formula is C12H14N6O3. The van der Waals surface area contributed by atoms with E-state index in [1.165, 1.54) is 11.6 Å². The van der Waals surface area contributed by atoms with Gasteiger partial charge in [0.1, 0.15) is 0 Å². The van der Waals surface area contributed by atoms with Crippen molar-refractivity contribution in [3.05, 3.63) is 38.4 Å². The SMILES string of the molecule is Cc1cc(CNc2nc3c([nH]2)c(=O)n(C)c(=O)n3C)on1. The van der Waals surface area contributed by atoms with Crippen LogP contribution in [-0.2, 0) is 20.6 Å². The molecule has 0 saturated carbocycles. The minimum atomic E-state index is -0.420. The summed E-state index contributed by atoms with van der Waals surface area (Å²) in [7, 11) is 2.99. The minimum absolute atomic E-state index is 0.274. The number of nitrogens with one attached hydrogen (secondary N) is 2. The monoisotopic (exact) mass is 290 g/mol. The lowest BCUT2D eigenvalue weighted by atomic mass is 10.4. The maximum absolute atomic E-state index is 12.0. The Kier molecular flexibility index (Phi) is 2.89. The average molecular weight is 290 g/mol. The predicted octanol–water partition coefficient (Wildman–Crippen LogP) is -0.131. The quantitative estimate of drug-likeness (QED) is 0.695. The molecule has 3 aromatic rings. The molecule has 0 aliphatic heterocycles. The molecule has 0 fully saturated rings. The van der Waals surface area contributed by atoms with E-state index in [-0.39, 0.29) is 5.52 Å². The first-order valence-electron chi connectivity index (χ1n) is 6.29. The van der Waals surface area contributed by atoms with Crippen LogP contribution in [0.5, 0.6) is 0 Å². The van der Waals surface area contributed by atoms with Gasteiger partial charge in [0.25, 0.3) is 5.56 Å². The van der Waals surface area contributed by atoms with Gasteiger partial charge in [-0.05, 0) is 6.92 Å². The number of rotatable bonds is 3. The molecular weight excluding hydrogens is 276 g/mol. The highest BCUT2D eigenvalue weighted by molar-refractivity contribution is 5.72. The largest absolute Gasteiger partial charge is 0.359 e. The molecule has 0 aromatic carbocycles. The number of H-pyrrole nitrogens is 1. The highest BCUT2D eigenvalue weighted by Gasteiger charge is 2.13. The summed E-state index contributed by atoms with van der Waals surface area (Å²) in [5, 5.41) is 6.77. The van der Waals surface area contributed by atoms with E-state index in [2.05, 4.69) is 20.4 Å². The van der Waals surface area contributed by atoms with Crippen molar-refractivity contribution in [1.29, 1.82) is 0 Å². The molecule has 3 aromatic heterocycles. The molecule has 110 valence electrons. The number of aromatic nitrogens is 5. The molecule has 0 aliphatic carbocycles. The Morgan fingerprint density at radius 3 is 2.76 bits per heavy atom. The van der Waals surface area contributed by atoms with Gasteiger partial charge >= 0.3 is 5.69 Å². The van der Waals surface area contributed by atoms with E-state index in [9.17, 15) is 9.59 Å². The third-order valence-corrected chi connectivity index (χ3v) is 3.20. The highest BCUT2D eigenvalue weighted by atomic mass is 16.5. The van der Waals surface area contributed by atoms with Crippen LogP contribution in [0.1, 0.15) is 11.5 Å². The number of fused-ring (bicyclic) bond motifs is 1. The zero-order chi connectivity index (χ0) is 15.1. The van der Waals surface area contributed by atoms with E-state index < -0.39 is 11.2 Å². The van der Waals surface area contributed by atoms with E-state index in [0.29, 0.717) is 23.9 Å². The summed E-state index contributed by atoms with van der Waals surface area (Å²) in [5.74, 6) is 1.03. The molecule has 0 bridgehead atoms. The van der Waals surface area contributed by atoms with Crippen LogP contribution in [0.15, 0.2) is 20.2 Å². The van der Waals surface area contributed by atoms with E-state index in [0.717, 1.165) is 10.3 Å². The molecule has 0 radical (unpaired) electrons. The molecule has 0 spiro atoms. The number of nitrogens with zero attached hydrogens (tertiary/aromatic N) is 4. The van der Waals surface area contributed by atoms with Gasteiger partial charge in [-0.25, -0.2) is 4.79 Å². The summed E-state index contributed by atoms with van der Waals surface area (Å²) in [4.78, 5) is 30.9. The van der Waals surface area contributed by atoms with Crippen molar-refractivity contribution in [2.24, 2.45) is 14.1 Å². The fourth-order valence-corrected chi connectivity index (χ4v) is 2.08. The topological polar surface area (TPSA) is 111 Å². The van der Waals surface area contributed by atoms with Gasteiger partial charge in [-0.2, -0.15) is 4.98 Å². The van der Waals surface area contributed by atoms with E-state index in [1.54, 1.807) is 13.1 Å². The summed E-state index contributed by atoms with van der Waals surface area (Å²) in [6.45, 7) is 2.20. The van der Waals surface area contributed by atoms with Gasteiger partial charge in [0.15, 0.2) is 16.9 Å². The van der Waals surface area contributed by atoms with Gasteiger partial charge in [0.05, 0.1) is 12.2 Å². The Hall–Kier alpha value is -2.84. The summed E-state index contributed by atoms with van der Waals surface area (Å²) in [6.07, 6.45) is 0. The van der Waals surface area contributed by atoms with Crippen LogP contribution in [0.3, 0.4) is 0 Å². The van der Waals surface area contributed by atoms with Crippen LogP contribution in [-0.4, -0.2) is 24.3 Å². The fourth-order valence-electron chi connectivity index (χ4n) is 2.08. The van der Waals surface area contributed by atoms with Gasteiger partial charge < -0.3 is 14.8 Å². The number of hydrogen-bond donors (Lipinski definition) is 2. The second kappa shape index (κ2) is 4.62. The molecule has 2 N–H and O–H groups in total. The van der Waals surface area contributed by atoms with Crippen molar-refractivity contribution < 1.29 is 4.52 Å². The van der Waals surface area contributed by atoms with E-state index >= 15 is 0 Å².